The Hall–Kier alpha value is -0.970. The zero-order valence-corrected chi connectivity index (χ0v) is 13.3. The summed E-state index contributed by atoms with van der Waals surface area (Å²) in [4.78, 5) is 0. The lowest BCUT2D eigenvalue weighted by atomic mass is 9.72. The van der Waals surface area contributed by atoms with Gasteiger partial charge in [0.05, 0.1) is 11.6 Å². The van der Waals surface area contributed by atoms with Gasteiger partial charge in [0.2, 0.25) is 0 Å². The quantitative estimate of drug-likeness (QED) is 0.644. The first-order valence-corrected chi connectivity index (χ1v) is 7.88. The minimum Gasteiger partial charge on any atom is -0.373 e. The van der Waals surface area contributed by atoms with Crippen molar-refractivity contribution in [1.82, 2.24) is 5.43 Å². The van der Waals surface area contributed by atoms with E-state index in [0.717, 1.165) is 30.4 Å². The lowest BCUT2D eigenvalue weighted by molar-refractivity contribution is -0.102. The van der Waals surface area contributed by atoms with E-state index in [1.54, 1.807) is 12.1 Å². The molecule has 1 aromatic carbocycles. The van der Waals surface area contributed by atoms with Crippen LogP contribution in [0.25, 0.3) is 0 Å². The zero-order chi connectivity index (χ0) is 15.5. The monoisotopic (exact) mass is 294 g/mol. The standard InChI is InChI=1S/C17H27FN2O/c1-4-21-17(9-5-6-12(2)11-17)16(20-19)15-10-14(18)8-7-13(15)3/h7-8,10,12,16,20H,4-6,9,11,19H2,1-3H3. The van der Waals surface area contributed by atoms with Crippen molar-refractivity contribution in [2.24, 2.45) is 11.8 Å². The second kappa shape index (κ2) is 6.86. The Morgan fingerprint density at radius 2 is 2.29 bits per heavy atom. The van der Waals surface area contributed by atoms with Gasteiger partial charge in [0.1, 0.15) is 5.82 Å². The molecule has 0 radical (unpaired) electrons. The van der Waals surface area contributed by atoms with Gasteiger partial charge in [0.25, 0.3) is 0 Å². The average molecular weight is 294 g/mol. The molecule has 1 aliphatic carbocycles. The van der Waals surface area contributed by atoms with Gasteiger partial charge in [0, 0.05) is 6.61 Å². The van der Waals surface area contributed by atoms with Crippen molar-refractivity contribution >= 4 is 0 Å². The molecule has 3 nitrogen and oxygen atoms in total. The minimum atomic E-state index is -0.347. The van der Waals surface area contributed by atoms with Gasteiger partial charge in [-0.1, -0.05) is 25.8 Å². The summed E-state index contributed by atoms with van der Waals surface area (Å²) in [5.41, 5.74) is 4.50. The van der Waals surface area contributed by atoms with E-state index in [1.807, 2.05) is 13.8 Å². The van der Waals surface area contributed by atoms with E-state index in [2.05, 4.69) is 12.3 Å². The van der Waals surface area contributed by atoms with Crippen LogP contribution in [0.5, 0.6) is 0 Å². The zero-order valence-electron chi connectivity index (χ0n) is 13.3. The van der Waals surface area contributed by atoms with E-state index in [4.69, 9.17) is 10.6 Å². The van der Waals surface area contributed by atoms with Crippen molar-refractivity contribution in [3.8, 4) is 0 Å². The number of hydrazine groups is 1. The molecule has 1 aromatic rings. The van der Waals surface area contributed by atoms with Crippen LogP contribution in [0.15, 0.2) is 18.2 Å². The molecule has 2 rings (SSSR count). The summed E-state index contributed by atoms with van der Waals surface area (Å²) < 4.78 is 19.9. The molecule has 0 spiro atoms. The highest BCUT2D eigenvalue weighted by Gasteiger charge is 2.43. The summed E-state index contributed by atoms with van der Waals surface area (Å²) in [5, 5.41) is 0. The fourth-order valence-corrected chi connectivity index (χ4v) is 3.76. The second-order valence-corrected chi connectivity index (χ2v) is 6.30. The molecule has 3 N–H and O–H groups in total. The first kappa shape index (κ1) is 16.4. The maximum atomic E-state index is 13.7. The first-order chi connectivity index (χ1) is 10.0. The highest BCUT2D eigenvalue weighted by molar-refractivity contribution is 5.32. The maximum Gasteiger partial charge on any atom is 0.123 e. The Morgan fingerprint density at radius 1 is 1.52 bits per heavy atom. The van der Waals surface area contributed by atoms with Gasteiger partial charge in [-0.3, -0.25) is 11.3 Å². The van der Waals surface area contributed by atoms with Crippen LogP contribution in [-0.4, -0.2) is 12.2 Å². The molecule has 118 valence electrons. The number of hydrogen-bond donors (Lipinski definition) is 2. The predicted octanol–water partition coefficient (Wildman–Crippen LogP) is 3.62. The molecule has 1 fully saturated rings. The number of nitrogens with one attached hydrogen (secondary N) is 1. The average Bonchev–Trinajstić information content (AvgIpc) is 2.43. The van der Waals surface area contributed by atoms with Gasteiger partial charge < -0.3 is 4.74 Å². The third-order valence-corrected chi connectivity index (χ3v) is 4.67. The van der Waals surface area contributed by atoms with Gasteiger partial charge in [-0.25, -0.2) is 4.39 Å². The Bertz CT molecular complexity index is 476. The van der Waals surface area contributed by atoms with Crippen molar-refractivity contribution in [1.29, 1.82) is 0 Å². The van der Waals surface area contributed by atoms with Gasteiger partial charge in [-0.05, 0) is 55.9 Å². The smallest absolute Gasteiger partial charge is 0.123 e. The normalized spacial score (nSPS) is 27.6. The molecule has 0 aromatic heterocycles. The lowest BCUT2D eigenvalue weighted by Gasteiger charge is -2.45. The number of benzene rings is 1. The number of hydrogen-bond acceptors (Lipinski definition) is 3. The molecule has 21 heavy (non-hydrogen) atoms. The van der Waals surface area contributed by atoms with Gasteiger partial charge >= 0.3 is 0 Å². The molecule has 0 heterocycles. The molecule has 1 saturated carbocycles. The number of nitrogens with two attached hydrogens (primary N) is 1. The van der Waals surface area contributed by atoms with Crippen LogP contribution in [-0.2, 0) is 4.74 Å². The SMILES string of the molecule is CCOC1(C(NN)c2cc(F)ccc2C)CCCC(C)C1. The van der Waals surface area contributed by atoms with Crippen molar-refractivity contribution in [2.45, 2.75) is 58.1 Å². The fraction of sp³-hybridized carbons (Fsp3) is 0.647. The van der Waals surface area contributed by atoms with Gasteiger partial charge in [-0.15, -0.1) is 0 Å². The number of aryl methyl sites for hydroxylation is 1. The summed E-state index contributed by atoms with van der Waals surface area (Å²) >= 11 is 0. The van der Waals surface area contributed by atoms with E-state index in [9.17, 15) is 4.39 Å². The Kier molecular flexibility index (Phi) is 5.36. The molecule has 0 saturated heterocycles. The third-order valence-electron chi connectivity index (χ3n) is 4.67. The molecule has 3 atom stereocenters. The summed E-state index contributed by atoms with van der Waals surface area (Å²) in [7, 11) is 0. The van der Waals surface area contributed by atoms with Crippen LogP contribution in [0.4, 0.5) is 4.39 Å². The molecular formula is C17H27FN2O. The highest BCUT2D eigenvalue weighted by Crippen LogP contribution is 2.44. The van der Waals surface area contributed by atoms with Crippen molar-refractivity contribution < 1.29 is 9.13 Å². The van der Waals surface area contributed by atoms with Crippen molar-refractivity contribution in [2.75, 3.05) is 6.61 Å². The number of ether oxygens (including phenoxy) is 1. The summed E-state index contributed by atoms with van der Waals surface area (Å²) in [5.74, 6) is 6.23. The summed E-state index contributed by atoms with van der Waals surface area (Å²) in [6, 6.07) is 4.69. The third kappa shape index (κ3) is 3.44. The Balaban J connectivity index is 2.42. The summed E-state index contributed by atoms with van der Waals surface area (Å²) in [6.45, 7) is 6.89. The molecular weight excluding hydrogens is 267 g/mol. The first-order valence-electron chi connectivity index (χ1n) is 7.88. The molecule has 4 heteroatoms. The van der Waals surface area contributed by atoms with Gasteiger partial charge in [-0.2, -0.15) is 0 Å². The van der Waals surface area contributed by atoms with Crippen LogP contribution in [0.1, 0.15) is 56.7 Å². The molecule has 1 aliphatic rings. The summed E-state index contributed by atoms with van der Waals surface area (Å²) in [6.07, 6.45) is 4.24. The highest BCUT2D eigenvalue weighted by atomic mass is 19.1. The van der Waals surface area contributed by atoms with Crippen molar-refractivity contribution in [3.63, 3.8) is 0 Å². The largest absolute Gasteiger partial charge is 0.373 e. The Labute approximate surface area is 127 Å². The van der Waals surface area contributed by atoms with Gasteiger partial charge in [0.15, 0.2) is 0 Å². The van der Waals surface area contributed by atoms with Crippen LogP contribution in [0.2, 0.25) is 0 Å². The van der Waals surface area contributed by atoms with Crippen LogP contribution in [0, 0.1) is 18.7 Å². The molecule has 0 amide bonds. The minimum absolute atomic E-state index is 0.184. The van der Waals surface area contributed by atoms with E-state index >= 15 is 0 Å². The van der Waals surface area contributed by atoms with Crippen LogP contribution >= 0.6 is 0 Å². The Morgan fingerprint density at radius 3 is 2.90 bits per heavy atom. The molecule has 3 unspecified atom stereocenters. The van der Waals surface area contributed by atoms with Crippen LogP contribution in [0.3, 0.4) is 0 Å². The van der Waals surface area contributed by atoms with E-state index in [1.165, 1.54) is 12.5 Å². The topological polar surface area (TPSA) is 47.3 Å². The number of rotatable bonds is 5. The van der Waals surface area contributed by atoms with E-state index in [0.29, 0.717) is 12.5 Å². The lowest BCUT2D eigenvalue weighted by Crippen LogP contribution is -2.51. The van der Waals surface area contributed by atoms with E-state index < -0.39 is 0 Å². The fourth-order valence-electron chi connectivity index (χ4n) is 3.76. The maximum absolute atomic E-state index is 13.7. The predicted molar refractivity (Wildman–Crippen MR) is 83.2 cm³/mol. The van der Waals surface area contributed by atoms with E-state index in [-0.39, 0.29) is 17.5 Å². The van der Waals surface area contributed by atoms with Crippen LogP contribution < -0.4 is 11.3 Å². The molecule has 0 aliphatic heterocycles. The van der Waals surface area contributed by atoms with Crippen molar-refractivity contribution in [3.05, 3.63) is 35.1 Å². The second-order valence-electron chi connectivity index (χ2n) is 6.30. The number of halogens is 1. The molecule has 0 bridgehead atoms.